The van der Waals surface area contributed by atoms with Crippen molar-refractivity contribution in [1.29, 1.82) is 0 Å². The molecule has 0 saturated carbocycles. The van der Waals surface area contributed by atoms with Gasteiger partial charge in [0.2, 0.25) is 0 Å². The van der Waals surface area contributed by atoms with Crippen molar-refractivity contribution in [2.24, 2.45) is 5.92 Å². The van der Waals surface area contributed by atoms with Crippen molar-refractivity contribution in [3.05, 3.63) is 0 Å². The minimum Gasteiger partial charge on any atom is -0.314 e. The Morgan fingerprint density at radius 3 is 2.50 bits per heavy atom. The molecule has 0 radical (unpaired) electrons. The minimum atomic E-state index is 0.614. The van der Waals surface area contributed by atoms with Crippen LogP contribution in [-0.4, -0.2) is 12.6 Å². The van der Waals surface area contributed by atoms with Gasteiger partial charge in [-0.2, -0.15) is 0 Å². The monoisotopic (exact) mass is 167 g/mol. The smallest absolute Gasteiger partial charge is 0.0101 e. The molecule has 70 valence electrons. The van der Waals surface area contributed by atoms with Gasteiger partial charge in [-0.25, -0.2) is 0 Å². The summed E-state index contributed by atoms with van der Waals surface area (Å²) in [5, 5.41) is 3.51. The molecule has 0 amide bonds. The van der Waals surface area contributed by atoms with Crippen LogP contribution in [0.4, 0.5) is 0 Å². The third kappa shape index (κ3) is 6.24. The fraction of sp³-hybridized carbons (Fsp3) is 0.818. The zero-order valence-corrected chi connectivity index (χ0v) is 8.56. The summed E-state index contributed by atoms with van der Waals surface area (Å²) in [5.41, 5.74) is 0. The highest BCUT2D eigenvalue weighted by Crippen LogP contribution is 2.01. The van der Waals surface area contributed by atoms with E-state index in [2.05, 4.69) is 32.0 Å². The standard InChI is InChI=1S/C11H21N/c1-5-7-8-11(6-2)12-9-10(3)4/h1,10-12H,6-9H2,2-4H3/t11-/m0/s1. The van der Waals surface area contributed by atoms with Gasteiger partial charge in [-0.1, -0.05) is 20.8 Å². The van der Waals surface area contributed by atoms with Crippen molar-refractivity contribution >= 4 is 0 Å². The average Bonchev–Trinajstić information content (AvgIpc) is 2.05. The van der Waals surface area contributed by atoms with Crippen LogP contribution in [0, 0.1) is 18.3 Å². The van der Waals surface area contributed by atoms with Gasteiger partial charge in [-0.05, 0) is 25.3 Å². The van der Waals surface area contributed by atoms with Crippen molar-refractivity contribution < 1.29 is 0 Å². The Morgan fingerprint density at radius 2 is 2.08 bits per heavy atom. The van der Waals surface area contributed by atoms with Crippen LogP contribution < -0.4 is 5.32 Å². The maximum absolute atomic E-state index is 5.21. The quantitative estimate of drug-likeness (QED) is 0.599. The third-order valence-corrected chi connectivity index (χ3v) is 1.94. The van der Waals surface area contributed by atoms with E-state index in [9.17, 15) is 0 Å². The van der Waals surface area contributed by atoms with E-state index < -0.39 is 0 Å². The topological polar surface area (TPSA) is 12.0 Å². The van der Waals surface area contributed by atoms with Crippen molar-refractivity contribution in [3.63, 3.8) is 0 Å². The Kier molecular flexibility index (Phi) is 6.90. The predicted molar refractivity (Wildman–Crippen MR) is 55.0 cm³/mol. The first-order chi connectivity index (χ1) is 5.70. The first-order valence-corrected chi connectivity index (χ1v) is 4.87. The lowest BCUT2D eigenvalue weighted by Gasteiger charge is -2.16. The van der Waals surface area contributed by atoms with E-state index in [1.165, 1.54) is 6.42 Å². The third-order valence-electron chi connectivity index (χ3n) is 1.94. The Bertz CT molecular complexity index is 132. The van der Waals surface area contributed by atoms with Gasteiger partial charge in [0.1, 0.15) is 0 Å². The first kappa shape index (κ1) is 11.5. The summed E-state index contributed by atoms with van der Waals surface area (Å²) in [4.78, 5) is 0. The maximum Gasteiger partial charge on any atom is 0.0101 e. The van der Waals surface area contributed by atoms with Crippen molar-refractivity contribution in [3.8, 4) is 12.3 Å². The lowest BCUT2D eigenvalue weighted by Crippen LogP contribution is -2.31. The number of terminal acetylenes is 1. The number of nitrogens with one attached hydrogen (secondary N) is 1. The first-order valence-electron chi connectivity index (χ1n) is 4.87. The largest absolute Gasteiger partial charge is 0.314 e. The van der Waals surface area contributed by atoms with Crippen LogP contribution in [0.25, 0.3) is 0 Å². The highest BCUT2D eigenvalue weighted by Gasteiger charge is 2.04. The van der Waals surface area contributed by atoms with Crippen LogP contribution in [0.2, 0.25) is 0 Å². The fourth-order valence-electron chi connectivity index (χ4n) is 1.11. The minimum absolute atomic E-state index is 0.614. The van der Waals surface area contributed by atoms with Gasteiger partial charge in [0.25, 0.3) is 0 Å². The molecule has 1 atom stereocenters. The van der Waals surface area contributed by atoms with E-state index in [1.54, 1.807) is 0 Å². The van der Waals surface area contributed by atoms with Gasteiger partial charge >= 0.3 is 0 Å². The van der Waals surface area contributed by atoms with Gasteiger partial charge in [-0.15, -0.1) is 12.3 Å². The van der Waals surface area contributed by atoms with E-state index in [-0.39, 0.29) is 0 Å². The molecular weight excluding hydrogens is 146 g/mol. The Hall–Kier alpha value is -0.480. The highest BCUT2D eigenvalue weighted by molar-refractivity contribution is 4.85. The molecule has 0 aliphatic rings. The second kappa shape index (κ2) is 7.18. The lowest BCUT2D eigenvalue weighted by atomic mass is 10.1. The molecule has 0 aliphatic carbocycles. The van der Waals surface area contributed by atoms with Crippen LogP contribution in [0.3, 0.4) is 0 Å². The molecule has 0 aromatic heterocycles. The summed E-state index contributed by atoms with van der Waals surface area (Å²) in [6, 6.07) is 0.614. The summed E-state index contributed by atoms with van der Waals surface area (Å²) in [6.07, 6.45) is 8.39. The molecule has 0 spiro atoms. The molecule has 12 heavy (non-hydrogen) atoms. The average molecular weight is 167 g/mol. The molecule has 1 heteroatoms. The summed E-state index contributed by atoms with van der Waals surface area (Å²) >= 11 is 0. The van der Waals surface area contributed by atoms with Crippen LogP contribution in [0.15, 0.2) is 0 Å². The van der Waals surface area contributed by atoms with Gasteiger partial charge < -0.3 is 5.32 Å². The number of hydrogen-bond donors (Lipinski definition) is 1. The van der Waals surface area contributed by atoms with Gasteiger partial charge in [0, 0.05) is 12.5 Å². The molecule has 1 nitrogen and oxygen atoms in total. The SMILES string of the molecule is C#CCC[C@H](CC)NCC(C)C. The van der Waals surface area contributed by atoms with Crippen molar-refractivity contribution in [2.75, 3.05) is 6.54 Å². The van der Waals surface area contributed by atoms with Crippen LogP contribution >= 0.6 is 0 Å². The lowest BCUT2D eigenvalue weighted by molar-refractivity contribution is 0.435. The molecule has 0 heterocycles. The second-order valence-electron chi connectivity index (χ2n) is 3.65. The molecule has 0 bridgehead atoms. The summed E-state index contributed by atoms with van der Waals surface area (Å²) in [7, 11) is 0. The van der Waals surface area contributed by atoms with Gasteiger partial charge in [0.15, 0.2) is 0 Å². The van der Waals surface area contributed by atoms with E-state index >= 15 is 0 Å². The zero-order valence-electron chi connectivity index (χ0n) is 8.56. The Morgan fingerprint density at radius 1 is 1.42 bits per heavy atom. The molecular formula is C11H21N. The van der Waals surface area contributed by atoms with Crippen LogP contribution in [0.1, 0.15) is 40.0 Å². The van der Waals surface area contributed by atoms with Gasteiger partial charge in [0.05, 0.1) is 0 Å². The normalized spacial score (nSPS) is 12.9. The van der Waals surface area contributed by atoms with E-state index in [4.69, 9.17) is 6.42 Å². The molecule has 0 aliphatic heterocycles. The number of hydrogen-bond acceptors (Lipinski definition) is 1. The predicted octanol–water partition coefficient (Wildman–Crippen LogP) is 2.42. The van der Waals surface area contributed by atoms with E-state index in [1.807, 2.05) is 0 Å². The molecule has 0 aromatic carbocycles. The maximum atomic E-state index is 5.21. The molecule has 0 unspecified atom stereocenters. The summed E-state index contributed by atoms with van der Waals surface area (Å²) in [5.74, 6) is 3.41. The fourth-order valence-corrected chi connectivity index (χ4v) is 1.11. The zero-order chi connectivity index (χ0) is 9.40. The molecule has 0 rings (SSSR count). The van der Waals surface area contributed by atoms with Crippen LogP contribution in [-0.2, 0) is 0 Å². The van der Waals surface area contributed by atoms with E-state index in [0.29, 0.717) is 6.04 Å². The molecule has 1 N–H and O–H groups in total. The highest BCUT2D eigenvalue weighted by atomic mass is 14.9. The number of rotatable bonds is 6. The summed E-state index contributed by atoms with van der Waals surface area (Å²) < 4.78 is 0. The van der Waals surface area contributed by atoms with Gasteiger partial charge in [-0.3, -0.25) is 0 Å². The van der Waals surface area contributed by atoms with E-state index in [0.717, 1.165) is 25.3 Å². The van der Waals surface area contributed by atoms with Crippen molar-refractivity contribution in [2.45, 2.75) is 46.1 Å². The Labute approximate surface area is 76.9 Å². The van der Waals surface area contributed by atoms with Crippen molar-refractivity contribution in [1.82, 2.24) is 5.32 Å². The molecule has 0 fully saturated rings. The Balaban J connectivity index is 3.47. The van der Waals surface area contributed by atoms with Crippen LogP contribution in [0.5, 0.6) is 0 Å². The summed E-state index contributed by atoms with van der Waals surface area (Å²) in [6.45, 7) is 7.75. The second-order valence-corrected chi connectivity index (χ2v) is 3.65. The molecule has 0 saturated heterocycles. The molecule has 0 aromatic rings.